The van der Waals surface area contributed by atoms with Gasteiger partial charge in [-0.3, -0.25) is 9.48 Å². The van der Waals surface area contributed by atoms with Crippen LogP contribution in [0.4, 0.5) is 23.2 Å². The molecule has 1 amide bonds. The first kappa shape index (κ1) is 14.0. The zero-order valence-corrected chi connectivity index (χ0v) is 10.2. The van der Waals surface area contributed by atoms with E-state index in [0.717, 1.165) is 0 Å². The molecule has 0 aliphatic heterocycles. The van der Waals surface area contributed by atoms with Crippen LogP contribution in [-0.2, 0) is 13.2 Å². The van der Waals surface area contributed by atoms with Gasteiger partial charge in [0.05, 0.1) is 23.0 Å². The number of aromatic nitrogens is 2. The van der Waals surface area contributed by atoms with Crippen LogP contribution in [0, 0.1) is 5.82 Å². The van der Waals surface area contributed by atoms with Crippen LogP contribution in [0.25, 0.3) is 0 Å². The number of anilines is 1. The van der Waals surface area contributed by atoms with E-state index >= 15 is 0 Å². The summed E-state index contributed by atoms with van der Waals surface area (Å²) in [7, 11) is 1.57. The van der Waals surface area contributed by atoms with E-state index in [1.165, 1.54) is 17.1 Å². The summed E-state index contributed by atoms with van der Waals surface area (Å²) in [4.78, 5) is 11.7. The lowest BCUT2D eigenvalue weighted by Gasteiger charge is -2.10. The zero-order valence-electron chi connectivity index (χ0n) is 10.2. The van der Waals surface area contributed by atoms with Gasteiger partial charge in [-0.15, -0.1) is 0 Å². The molecule has 4 nitrogen and oxygen atoms in total. The quantitative estimate of drug-likeness (QED) is 0.863. The molecule has 0 bridgehead atoms. The van der Waals surface area contributed by atoms with Gasteiger partial charge in [0.25, 0.3) is 5.91 Å². The van der Waals surface area contributed by atoms with Gasteiger partial charge in [-0.25, -0.2) is 4.39 Å². The van der Waals surface area contributed by atoms with E-state index in [9.17, 15) is 22.4 Å². The largest absolute Gasteiger partial charge is 0.416 e. The van der Waals surface area contributed by atoms with Crippen LogP contribution in [0.5, 0.6) is 0 Å². The van der Waals surface area contributed by atoms with Crippen LogP contribution in [0.1, 0.15) is 15.9 Å². The molecule has 0 aliphatic rings. The van der Waals surface area contributed by atoms with Crippen LogP contribution in [-0.4, -0.2) is 15.7 Å². The van der Waals surface area contributed by atoms with Gasteiger partial charge in [-0.2, -0.15) is 18.3 Å². The van der Waals surface area contributed by atoms with Crippen molar-refractivity contribution in [2.45, 2.75) is 6.18 Å². The second-order valence-corrected chi connectivity index (χ2v) is 4.05. The molecule has 0 atom stereocenters. The minimum atomic E-state index is -4.61. The first-order valence-corrected chi connectivity index (χ1v) is 5.44. The number of rotatable bonds is 2. The van der Waals surface area contributed by atoms with Crippen molar-refractivity contribution < 1.29 is 22.4 Å². The maximum Gasteiger partial charge on any atom is 0.416 e. The fraction of sp³-hybridized carbons (Fsp3) is 0.167. The molecule has 2 rings (SSSR count). The maximum absolute atomic E-state index is 13.4. The molecule has 1 N–H and O–H groups in total. The Kier molecular flexibility index (Phi) is 3.47. The summed E-state index contributed by atoms with van der Waals surface area (Å²) in [5.41, 5.74) is -1.46. The molecule has 0 radical (unpaired) electrons. The number of hydrogen-bond donors (Lipinski definition) is 1. The summed E-state index contributed by atoms with van der Waals surface area (Å²) in [6, 6.07) is 1.81. The highest BCUT2D eigenvalue weighted by atomic mass is 19.4. The third-order valence-corrected chi connectivity index (χ3v) is 2.51. The fourth-order valence-electron chi connectivity index (χ4n) is 1.53. The number of hydrogen-bond acceptors (Lipinski definition) is 2. The normalized spacial score (nSPS) is 11.4. The fourth-order valence-corrected chi connectivity index (χ4v) is 1.53. The third kappa shape index (κ3) is 2.95. The average molecular weight is 287 g/mol. The zero-order chi connectivity index (χ0) is 14.9. The van der Waals surface area contributed by atoms with Gasteiger partial charge in [0.15, 0.2) is 0 Å². The molecule has 1 aromatic heterocycles. The summed E-state index contributed by atoms with van der Waals surface area (Å²) in [5, 5.41) is 5.83. The molecular formula is C12H9F4N3O. The highest BCUT2D eigenvalue weighted by Gasteiger charge is 2.31. The Morgan fingerprint density at radius 2 is 2.05 bits per heavy atom. The van der Waals surface area contributed by atoms with Crippen molar-refractivity contribution in [3.05, 3.63) is 47.5 Å². The number of nitrogens with zero attached hydrogens (tertiary/aromatic N) is 2. The molecule has 8 heteroatoms. The minimum Gasteiger partial charge on any atom is -0.319 e. The Bertz CT molecular complexity index is 648. The Balaban J connectivity index is 2.27. The number of nitrogens with one attached hydrogen (secondary N) is 1. The van der Waals surface area contributed by atoms with Gasteiger partial charge < -0.3 is 5.32 Å². The number of alkyl halides is 3. The van der Waals surface area contributed by atoms with Gasteiger partial charge in [0.2, 0.25) is 0 Å². The maximum atomic E-state index is 13.4. The minimum absolute atomic E-state index is 0.115. The van der Waals surface area contributed by atoms with Crippen LogP contribution >= 0.6 is 0 Å². The number of halogens is 4. The first-order valence-electron chi connectivity index (χ1n) is 5.44. The standard InChI is InChI=1S/C12H9F4N3O/c1-19-6-7(5-17-19)11(20)18-10-4-8(12(14,15)16)2-3-9(10)13/h2-6H,1H3,(H,18,20). The molecule has 106 valence electrons. The molecule has 20 heavy (non-hydrogen) atoms. The van der Waals surface area contributed by atoms with Crippen molar-refractivity contribution in [3.8, 4) is 0 Å². The smallest absolute Gasteiger partial charge is 0.319 e. The summed E-state index contributed by atoms with van der Waals surface area (Å²) in [6.45, 7) is 0. The molecule has 0 unspecified atom stereocenters. The van der Waals surface area contributed by atoms with E-state index in [-0.39, 0.29) is 5.56 Å². The molecule has 0 spiro atoms. The Labute approximate surface area is 111 Å². The Morgan fingerprint density at radius 1 is 1.35 bits per heavy atom. The van der Waals surface area contributed by atoms with E-state index < -0.39 is 29.2 Å². The van der Waals surface area contributed by atoms with E-state index in [1.807, 2.05) is 0 Å². The molecule has 0 saturated heterocycles. The lowest BCUT2D eigenvalue weighted by Crippen LogP contribution is -2.14. The highest BCUT2D eigenvalue weighted by Crippen LogP contribution is 2.31. The molecule has 1 aromatic carbocycles. The molecule has 0 aliphatic carbocycles. The van der Waals surface area contributed by atoms with Crippen molar-refractivity contribution in [1.29, 1.82) is 0 Å². The van der Waals surface area contributed by atoms with Crippen LogP contribution in [0.3, 0.4) is 0 Å². The van der Waals surface area contributed by atoms with Gasteiger partial charge >= 0.3 is 6.18 Å². The molecule has 0 saturated carbocycles. The van der Waals surface area contributed by atoms with Crippen molar-refractivity contribution in [1.82, 2.24) is 9.78 Å². The third-order valence-electron chi connectivity index (χ3n) is 2.51. The summed E-state index contributed by atoms with van der Waals surface area (Å²) in [5.74, 6) is -1.69. The first-order chi connectivity index (χ1) is 9.27. The molecular weight excluding hydrogens is 278 g/mol. The van der Waals surface area contributed by atoms with Gasteiger partial charge in [-0.05, 0) is 18.2 Å². The number of amides is 1. The van der Waals surface area contributed by atoms with Crippen molar-refractivity contribution in [2.24, 2.45) is 7.05 Å². The van der Waals surface area contributed by atoms with E-state index in [4.69, 9.17) is 0 Å². The van der Waals surface area contributed by atoms with E-state index in [2.05, 4.69) is 10.4 Å². The lowest BCUT2D eigenvalue weighted by atomic mass is 10.2. The van der Waals surface area contributed by atoms with Crippen LogP contribution < -0.4 is 5.32 Å². The number of carbonyl (C=O) groups is 1. The lowest BCUT2D eigenvalue weighted by molar-refractivity contribution is -0.137. The molecule has 1 heterocycles. The SMILES string of the molecule is Cn1cc(C(=O)Nc2cc(C(F)(F)F)ccc2F)cn1. The predicted octanol–water partition coefficient (Wildman–Crippen LogP) is 2.83. The van der Waals surface area contributed by atoms with Crippen molar-refractivity contribution in [2.75, 3.05) is 5.32 Å². The van der Waals surface area contributed by atoms with Gasteiger partial charge in [0, 0.05) is 13.2 Å². The second-order valence-electron chi connectivity index (χ2n) is 4.05. The Hall–Kier alpha value is -2.38. The van der Waals surface area contributed by atoms with Crippen molar-refractivity contribution in [3.63, 3.8) is 0 Å². The second kappa shape index (κ2) is 4.95. The molecule has 0 fully saturated rings. The average Bonchev–Trinajstić information content (AvgIpc) is 2.77. The van der Waals surface area contributed by atoms with Crippen LogP contribution in [0.2, 0.25) is 0 Å². The summed E-state index contributed by atoms with van der Waals surface area (Å²) < 4.78 is 52.3. The summed E-state index contributed by atoms with van der Waals surface area (Å²) in [6.07, 6.45) is -2.02. The van der Waals surface area contributed by atoms with E-state index in [1.54, 1.807) is 7.05 Å². The molecule has 2 aromatic rings. The van der Waals surface area contributed by atoms with E-state index in [0.29, 0.717) is 18.2 Å². The summed E-state index contributed by atoms with van der Waals surface area (Å²) >= 11 is 0. The Morgan fingerprint density at radius 3 is 2.60 bits per heavy atom. The van der Waals surface area contributed by atoms with Crippen LogP contribution in [0.15, 0.2) is 30.6 Å². The number of benzene rings is 1. The predicted molar refractivity (Wildman–Crippen MR) is 62.6 cm³/mol. The number of aryl methyl sites for hydroxylation is 1. The van der Waals surface area contributed by atoms with Gasteiger partial charge in [-0.1, -0.05) is 0 Å². The monoisotopic (exact) mass is 287 g/mol. The number of carbonyl (C=O) groups excluding carboxylic acids is 1. The van der Waals surface area contributed by atoms with Gasteiger partial charge in [0.1, 0.15) is 5.82 Å². The highest BCUT2D eigenvalue weighted by molar-refractivity contribution is 6.04. The topological polar surface area (TPSA) is 46.9 Å². The van der Waals surface area contributed by atoms with Crippen molar-refractivity contribution >= 4 is 11.6 Å².